The maximum atomic E-state index is 12.9. The first-order chi connectivity index (χ1) is 14.9. The van der Waals surface area contributed by atoms with E-state index in [4.69, 9.17) is 0 Å². The number of benzene rings is 1. The fraction of sp³-hybridized carbons (Fsp3) is 0.476. The molecule has 3 heterocycles. The van der Waals surface area contributed by atoms with Gasteiger partial charge < -0.3 is 0 Å². The van der Waals surface area contributed by atoms with Crippen LogP contribution < -0.4 is 5.69 Å². The Balaban J connectivity index is 1.47. The lowest BCUT2D eigenvalue weighted by Crippen LogP contribution is -2.38. The molecule has 0 N–H and O–H groups in total. The van der Waals surface area contributed by atoms with Gasteiger partial charge in [0.2, 0.25) is 10.0 Å². The summed E-state index contributed by atoms with van der Waals surface area (Å²) in [6.45, 7) is 3.89. The Hall–Kier alpha value is -2.72. The lowest BCUT2D eigenvalue weighted by atomic mass is 9.97. The molecule has 0 spiro atoms. The number of hydrogen-bond acceptors (Lipinski definition) is 5. The van der Waals surface area contributed by atoms with Crippen molar-refractivity contribution in [1.82, 2.24) is 28.4 Å². The van der Waals surface area contributed by atoms with Crippen molar-refractivity contribution in [3.8, 4) is 0 Å². The van der Waals surface area contributed by atoms with Crippen molar-refractivity contribution in [1.29, 1.82) is 0 Å². The number of rotatable bonds is 7. The Morgan fingerprint density at radius 2 is 1.84 bits per heavy atom. The number of nitrogens with zero attached hydrogens (tertiary/aromatic N) is 6. The van der Waals surface area contributed by atoms with Crippen molar-refractivity contribution >= 4 is 10.0 Å². The second-order valence-corrected chi connectivity index (χ2v) is 9.80. The molecule has 2 aromatic heterocycles. The van der Waals surface area contributed by atoms with Crippen LogP contribution in [0.15, 0.2) is 52.4 Å². The van der Waals surface area contributed by atoms with Crippen LogP contribution in [0.5, 0.6) is 0 Å². The molecule has 9 nitrogen and oxygen atoms in total. The lowest BCUT2D eigenvalue weighted by Gasteiger charge is -2.30. The van der Waals surface area contributed by atoms with E-state index in [0.717, 1.165) is 17.8 Å². The van der Waals surface area contributed by atoms with Crippen molar-refractivity contribution < 1.29 is 8.42 Å². The van der Waals surface area contributed by atoms with E-state index in [1.165, 1.54) is 15.2 Å². The van der Waals surface area contributed by atoms with E-state index >= 15 is 0 Å². The van der Waals surface area contributed by atoms with Gasteiger partial charge in [0.05, 0.1) is 6.20 Å². The van der Waals surface area contributed by atoms with Crippen LogP contribution >= 0.6 is 0 Å². The first kappa shape index (κ1) is 21.5. The highest BCUT2D eigenvalue weighted by Gasteiger charge is 2.33. The summed E-state index contributed by atoms with van der Waals surface area (Å²) in [7, 11) is -1.90. The van der Waals surface area contributed by atoms with Crippen molar-refractivity contribution in [2.75, 3.05) is 13.1 Å². The highest BCUT2D eigenvalue weighted by atomic mass is 32.2. The van der Waals surface area contributed by atoms with Gasteiger partial charge in [0.25, 0.3) is 0 Å². The monoisotopic (exact) mass is 444 g/mol. The lowest BCUT2D eigenvalue weighted by molar-refractivity contribution is 0.308. The van der Waals surface area contributed by atoms with Gasteiger partial charge >= 0.3 is 5.69 Å². The van der Waals surface area contributed by atoms with Crippen LogP contribution in [-0.4, -0.2) is 49.9 Å². The average molecular weight is 445 g/mol. The van der Waals surface area contributed by atoms with Gasteiger partial charge in [0.15, 0.2) is 0 Å². The molecular weight excluding hydrogens is 416 g/mol. The van der Waals surface area contributed by atoms with Crippen LogP contribution in [0.3, 0.4) is 0 Å². The Morgan fingerprint density at radius 3 is 2.48 bits per heavy atom. The zero-order valence-electron chi connectivity index (χ0n) is 17.9. The van der Waals surface area contributed by atoms with Gasteiger partial charge in [0.1, 0.15) is 10.7 Å². The highest BCUT2D eigenvalue weighted by Crippen LogP contribution is 2.29. The Labute approximate surface area is 182 Å². The fourth-order valence-electron chi connectivity index (χ4n) is 4.08. The molecule has 1 aliphatic heterocycles. The molecule has 1 aromatic carbocycles. The predicted molar refractivity (Wildman–Crippen MR) is 116 cm³/mol. The number of aromatic nitrogens is 5. The first-order valence-corrected chi connectivity index (χ1v) is 12.0. The normalized spacial score (nSPS) is 16.1. The average Bonchev–Trinajstić information content (AvgIpc) is 3.39. The molecule has 3 aromatic rings. The number of hydrogen-bond donors (Lipinski definition) is 0. The Morgan fingerprint density at radius 1 is 1.13 bits per heavy atom. The van der Waals surface area contributed by atoms with Crippen LogP contribution in [0.1, 0.15) is 37.1 Å². The van der Waals surface area contributed by atoms with E-state index in [-0.39, 0.29) is 16.5 Å². The topological polar surface area (TPSA) is 95.0 Å². The molecule has 0 amide bonds. The largest absolute Gasteiger partial charge is 0.345 e. The van der Waals surface area contributed by atoms with E-state index in [9.17, 15) is 13.2 Å². The minimum atomic E-state index is -3.56. The van der Waals surface area contributed by atoms with Crippen LogP contribution in [0.2, 0.25) is 0 Å². The molecule has 4 rings (SSSR count). The highest BCUT2D eigenvalue weighted by molar-refractivity contribution is 7.89. The van der Waals surface area contributed by atoms with Crippen molar-refractivity contribution in [2.24, 2.45) is 7.05 Å². The molecule has 0 bridgehead atoms. The summed E-state index contributed by atoms with van der Waals surface area (Å²) >= 11 is 0. The standard InChI is InChI=1S/C21H28N6O3S/c1-3-25-16-19(15-22-25)31(29,30)26-12-10-18(11-13-26)20-23-24(2)21(28)27(20)14-9-17-7-5-4-6-8-17/h4-8,15-16,18H,3,9-14H2,1-2H3. The maximum Gasteiger partial charge on any atom is 0.345 e. The quantitative estimate of drug-likeness (QED) is 0.552. The summed E-state index contributed by atoms with van der Waals surface area (Å²) in [4.78, 5) is 12.9. The molecule has 0 radical (unpaired) electrons. The van der Waals surface area contributed by atoms with Crippen molar-refractivity contribution in [2.45, 2.75) is 50.1 Å². The molecule has 0 atom stereocenters. The second kappa shape index (κ2) is 8.80. The van der Waals surface area contributed by atoms with E-state index < -0.39 is 10.0 Å². The number of sulfonamides is 1. The molecule has 10 heteroatoms. The van der Waals surface area contributed by atoms with E-state index in [1.807, 2.05) is 37.3 Å². The second-order valence-electron chi connectivity index (χ2n) is 7.86. The molecule has 166 valence electrons. The van der Waals surface area contributed by atoms with Gasteiger partial charge in [-0.1, -0.05) is 30.3 Å². The zero-order valence-corrected chi connectivity index (χ0v) is 18.7. The summed E-state index contributed by atoms with van der Waals surface area (Å²) in [5, 5.41) is 8.58. The molecule has 31 heavy (non-hydrogen) atoms. The minimum Gasteiger partial charge on any atom is -0.278 e. The molecule has 1 fully saturated rings. The van der Waals surface area contributed by atoms with Crippen LogP contribution in [0, 0.1) is 0 Å². The third-order valence-corrected chi connectivity index (χ3v) is 7.75. The molecule has 0 unspecified atom stereocenters. The maximum absolute atomic E-state index is 12.9. The molecule has 1 saturated heterocycles. The van der Waals surface area contributed by atoms with Crippen LogP contribution in [0.25, 0.3) is 0 Å². The van der Waals surface area contributed by atoms with Crippen LogP contribution in [0.4, 0.5) is 0 Å². The summed E-state index contributed by atoms with van der Waals surface area (Å²) in [5.41, 5.74) is 1.03. The van der Waals surface area contributed by atoms with E-state index in [2.05, 4.69) is 10.2 Å². The van der Waals surface area contributed by atoms with Crippen molar-refractivity contribution in [3.63, 3.8) is 0 Å². The number of piperidine rings is 1. The van der Waals surface area contributed by atoms with Gasteiger partial charge in [-0.2, -0.15) is 14.5 Å². The summed E-state index contributed by atoms with van der Waals surface area (Å²) in [6, 6.07) is 10.0. The third-order valence-electron chi connectivity index (χ3n) is 5.89. The van der Waals surface area contributed by atoms with Crippen molar-refractivity contribution in [3.05, 3.63) is 64.6 Å². The molecule has 1 aliphatic rings. The number of aryl methyl sites for hydroxylation is 3. The summed E-state index contributed by atoms with van der Waals surface area (Å²) in [6.07, 6.45) is 4.98. The molecular formula is C21H28N6O3S. The van der Waals surface area contributed by atoms with Gasteiger partial charge in [-0.25, -0.2) is 17.9 Å². The first-order valence-electron chi connectivity index (χ1n) is 10.6. The fourth-order valence-corrected chi connectivity index (χ4v) is 5.50. The van der Waals surface area contributed by atoms with Gasteiger partial charge in [-0.05, 0) is 31.7 Å². The summed E-state index contributed by atoms with van der Waals surface area (Å²) in [5.74, 6) is 0.800. The molecule has 0 aliphatic carbocycles. The predicted octanol–water partition coefficient (Wildman–Crippen LogP) is 1.61. The van der Waals surface area contributed by atoms with E-state index in [0.29, 0.717) is 39.0 Å². The SMILES string of the molecule is CCn1cc(S(=O)(=O)N2CCC(c3nn(C)c(=O)n3CCc3ccccc3)CC2)cn1. The van der Waals surface area contributed by atoms with E-state index in [1.54, 1.807) is 22.5 Å². The minimum absolute atomic E-state index is 0.0505. The van der Waals surface area contributed by atoms with Gasteiger partial charge in [-0.15, -0.1) is 0 Å². The Kier molecular flexibility index (Phi) is 6.10. The third kappa shape index (κ3) is 4.35. The van der Waals surface area contributed by atoms with Crippen LogP contribution in [-0.2, 0) is 36.6 Å². The molecule has 0 saturated carbocycles. The Bertz CT molecular complexity index is 1190. The van der Waals surface area contributed by atoms with Gasteiger partial charge in [0, 0.05) is 45.3 Å². The zero-order chi connectivity index (χ0) is 22.0. The van der Waals surface area contributed by atoms with Gasteiger partial charge in [-0.3, -0.25) is 9.25 Å². The summed E-state index contributed by atoms with van der Waals surface area (Å²) < 4.78 is 32.1. The smallest absolute Gasteiger partial charge is 0.278 e.